The number of fused-ring (bicyclic) bond motifs is 1. The van der Waals surface area contributed by atoms with Gasteiger partial charge in [0.25, 0.3) is 0 Å². The largest absolute Gasteiger partial charge is 0.376 e. The molecule has 1 aliphatic heterocycles. The second-order valence-corrected chi connectivity index (χ2v) is 6.40. The summed E-state index contributed by atoms with van der Waals surface area (Å²) in [5.41, 5.74) is 2.43. The van der Waals surface area contributed by atoms with Crippen molar-refractivity contribution in [2.45, 2.75) is 44.2 Å². The number of hydrogen-bond donors (Lipinski definition) is 3. The molecule has 1 aliphatic carbocycles. The van der Waals surface area contributed by atoms with Gasteiger partial charge in [0.2, 0.25) is 5.91 Å². The van der Waals surface area contributed by atoms with Crippen molar-refractivity contribution in [3.63, 3.8) is 0 Å². The third kappa shape index (κ3) is 4.55. The maximum Gasteiger partial charge on any atom is 0.321 e. The molecular weight excluding hydrogens is 306 g/mol. The first-order valence-corrected chi connectivity index (χ1v) is 8.73. The fraction of sp³-hybridized carbons (Fsp3) is 0.556. The average molecular weight is 331 g/mol. The number of carbonyl (C=O) groups is 2. The van der Waals surface area contributed by atoms with E-state index >= 15 is 0 Å². The van der Waals surface area contributed by atoms with Crippen molar-refractivity contribution in [2.24, 2.45) is 0 Å². The summed E-state index contributed by atoms with van der Waals surface area (Å²) >= 11 is 0. The molecule has 0 spiro atoms. The Kier molecular flexibility index (Phi) is 5.82. The molecule has 0 bridgehead atoms. The van der Waals surface area contributed by atoms with E-state index in [9.17, 15) is 9.59 Å². The van der Waals surface area contributed by atoms with E-state index in [0.29, 0.717) is 6.42 Å². The lowest BCUT2D eigenvalue weighted by Crippen LogP contribution is -2.41. The topological polar surface area (TPSA) is 79.5 Å². The van der Waals surface area contributed by atoms with Crippen LogP contribution in [0.5, 0.6) is 0 Å². The Morgan fingerprint density at radius 3 is 3.00 bits per heavy atom. The fourth-order valence-corrected chi connectivity index (χ4v) is 3.39. The molecule has 1 heterocycles. The second-order valence-electron chi connectivity index (χ2n) is 6.40. The number of aryl methyl sites for hydroxylation is 1. The van der Waals surface area contributed by atoms with Crippen LogP contribution in [-0.2, 0) is 16.0 Å². The molecular formula is C18H25N3O3. The van der Waals surface area contributed by atoms with Gasteiger partial charge in [-0.05, 0) is 36.8 Å². The minimum absolute atomic E-state index is 0.00397. The maximum atomic E-state index is 12.0. The summed E-state index contributed by atoms with van der Waals surface area (Å²) in [6.45, 7) is 2.45. The molecule has 1 aromatic rings. The highest BCUT2D eigenvalue weighted by Crippen LogP contribution is 2.30. The predicted octanol–water partition coefficient (Wildman–Crippen LogP) is 1.66. The monoisotopic (exact) mass is 331 g/mol. The Balaban J connectivity index is 1.36. The van der Waals surface area contributed by atoms with Gasteiger partial charge in [0.15, 0.2) is 0 Å². The lowest BCUT2D eigenvalue weighted by atomic mass is 10.1. The third-order valence-electron chi connectivity index (χ3n) is 4.63. The van der Waals surface area contributed by atoms with E-state index in [0.717, 1.165) is 50.9 Å². The standard InChI is InChI=1S/C18H25N3O3/c22-17(7-3-5-14-12-19-10-11-24-14)21-18(23)20-16-9-8-13-4-1-2-6-15(13)16/h1-2,4,6,14,16,19H,3,5,7-12H2,(H2,20,21,22,23). The normalized spacial score (nSPS) is 22.7. The van der Waals surface area contributed by atoms with Crippen molar-refractivity contribution >= 4 is 11.9 Å². The molecule has 1 fully saturated rings. The molecule has 3 rings (SSSR count). The van der Waals surface area contributed by atoms with Gasteiger partial charge in [0, 0.05) is 19.5 Å². The second kappa shape index (κ2) is 8.26. The quantitative estimate of drug-likeness (QED) is 0.767. The fourth-order valence-electron chi connectivity index (χ4n) is 3.39. The van der Waals surface area contributed by atoms with Crippen LogP contribution in [0.4, 0.5) is 4.79 Å². The Morgan fingerprint density at radius 1 is 1.29 bits per heavy atom. The Labute approximate surface area is 142 Å². The van der Waals surface area contributed by atoms with Gasteiger partial charge in [-0.25, -0.2) is 4.79 Å². The lowest BCUT2D eigenvalue weighted by molar-refractivity contribution is -0.120. The van der Waals surface area contributed by atoms with E-state index in [2.05, 4.69) is 22.0 Å². The van der Waals surface area contributed by atoms with E-state index in [1.165, 1.54) is 5.56 Å². The number of amides is 3. The Bertz CT molecular complexity index is 585. The van der Waals surface area contributed by atoms with Crippen LogP contribution < -0.4 is 16.0 Å². The summed E-state index contributed by atoms with van der Waals surface area (Å²) in [6.07, 6.45) is 3.91. The summed E-state index contributed by atoms with van der Waals surface area (Å²) in [4.78, 5) is 23.9. The van der Waals surface area contributed by atoms with Gasteiger partial charge in [-0.1, -0.05) is 24.3 Å². The molecule has 2 atom stereocenters. The molecule has 2 unspecified atom stereocenters. The third-order valence-corrected chi connectivity index (χ3v) is 4.63. The number of urea groups is 1. The molecule has 0 radical (unpaired) electrons. The molecule has 3 amide bonds. The number of hydrogen-bond acceptors (Lipinski definition) is 4. The van der Waals surface area contributed by atoms with Crippen molar-refractivity contribution < 1.29 is 14.3 Å². The zero-order valence-electron chi connectivity index (χ0n) is 13.8. The highest BCUT2D eigenvalue weighted by atomic mass is 16.5. The molecule has 0 aromatic heterocycles. The van der Waals surface area contributed by atoms with Crippen molar-refractivity contribution in [3.8, 4) is 0 Å². The zero-order chi connectivity index (χ0) is 16.8. The van der Waals surface area contributed by atoms with Gasteiger partial charge in [0.1, 0.15) is 0 Å². The van der Waals surface area contributed by atoms with E-state index in [4.69, 9.17) is 4.74 Å². The number of nitrogens with one attached hydrogen (secondary N) is 3. The first-order chi connectivity index (χ1) is 11.7. The SMILES string of the molecule is O=C(CCCC1CNCCO1)NC(=O)NC1CCc2ccccc21. The summed E-state index contributed by atoms with van der Waals surface area (Å²) in [7, 11) is 0. The highest BCUT2D eigenvalue weighted by Gasteiger charge is 2.23. The van der Waals surface area contributed by atoms with Gasteiger partial charge in [-0.2, -0.15) is 0 Å². The molecule has 6 nitrogen and oxygen atoms in total. The van der Waals surface area contributed by atoms with Crippen molar-refractivity contribution in [1.29, 1.82) is 0 Å². The van der Waals surface area contributed by atoms with Crippen LogP contribution >= 0.6 is 0 Å². The predicted molar refractivity (Wildman–Crippen MR) is 90.6 cm³/mol. The van der Waals surface area contributed by atoms with Crippen molar-refractivity contribution in [2.75, 3.05) is 19.7 Å². The van der Waals surface area contributed by atoms with Gasteiger partial charge >= 0.3 is 6.03 Å². The summed E-state index contributed by atoms with van der Waals surface area (Å²) < 4.78 is 5.59. The minimum Gasteiger partial charge on any atom is -0.376 e. The van der Waals surface area contributed by atoms with E-state index in [-0.39, 0.29) is 18.1 Å². The molecule has 24 heavy (non-hydrogen) atoms. The highest BCUT2D eigenvalue weighted by molar-refractivity contribution is 5.94. The van der Waals surface area contributed by atoms with Crippen LogP contribution in [0.2, 0.25) is 0 Å². The van der Waals surface area contributed by atoms with Crippen molar-refractivity contribution in [1.82, 2.24) is 16.0 Å². The van der Waals surface area contributed by atoms with Crippen LogP contribution in [0.3, 0.4) is 0 Å². The van der Waals surface area contributed by atoms with Gasteiger partial charge in [-0.15, -0.1) is 0 Å². The van der Waals surface area contributed by atoms with Gasteiger partial charge < -0.3 is 15.4 Å². The molecule has 1 saturated heterocycles. The minimum atomic E-state index is -0.405. The van der Waals surface area contributed by atoms with Gasteiger partial charge in [0.05, 0.1) is 18.8 Å². The number of morpholine rings is 1. The molecule has 3 N–H and O–H groups in total. The van der Waals surface area contributed by atoms with Crippen LogP contribution in [0.1, 0.15) is 42.9 Å². The van der Waals surface area contributed by atoms with Crippen LogP contribution in [0, 0.1) is 0 Å². The number of carbonyl (C=O) groups excluding carboxylic acids is 2. The smallest absolute Gasteiger partial charge is 0.321 e. The van der Waals surface area contributed by atoms with Crippen LogP contribution in [-0.4, -0.2) is 37.7 Å². The Hall–Kier alpha value is -1.92. The summed E-state index contributed by atoms with van der Waals surface area (Å²) in [6, 6.07) is 7.70. The molecule has 130 valence electrons. The first-order valence-electron chi connectivity index (χ1n) is 8.73. The van der Waals surface area contributed by atoms with Crippen LogP contribution in [0.15, 0.2) is 24.3 Å². The number of rotatable bonds is 5. The van der Waals surface area contributed by atoms with E-state index in [1.54, 1.807) is 0 Å². The lowest BCUT2D eigenvalue weighted by Gasteiger charge is -2.23. The van der Waals surface area contributed by atoms with E-state index < -0.39 is 6.03 Å². The molecule has 0 saturated carbocycles. The van der Waals surface area contributed by atoms with E-state index in [1.807, 2.05) is 18.2 Å². The molecule has 6 heteroatoms. The first kappa shape index (κ1) is 16.9. The Morgan fingerprint density at radius 2 is 2.17 bits per heavy atom. The molecule has 2 aliphatic rings. The zero-order valence-corrected chi connectivity index (χ0v) is 13.8. The molecule has 1 aromatic carbocycles. The van der Waals surface area contributed by atoms with Gasteiger partial charge in [-0.3, -0.25) is 10.1 Å². The maximum absolute atomic E-state index is 12.0. The summed E-state index contributed by atoms with van der Waals surface area (Å²) in [5.74, 6) is -0.234. The number of ether oxygens (including phenoxy) is 1. The average Bonchev–Trinajstić information content (AvgIpc) is 2.99. The van der Waals surface area contributed by atoms with Crippen LogP contribution in [0.25, 0.3) is 0 Å². The van der Waals surface area contributed by atoms with Crippen molar-refractivity contribution in [3.05, 3.63) is 35.4 Å². The number of imide groups is 1. The summed E-state index contributed by atoms with van der Waals surface area (Å²) in [5, 5.41) is 8.59. The number of benzene rings is 1.